The van der Waals surface area contributed by atoms with Gasteiger partial charge >= 0.3 is 0 Å². The molecule has 6 nitrogen and oxygen atoms in total. The number of carbonyl (C=O) groups is 1. The van der Waals surface area contributed by atoms with E-state index in [1.807, 2.05) is 19.1 Å². The minimum atomic E-state index is -0.205. The molecule has 0 unspecified atom stereocenters. The molecule has 3 rings (SSSR count). The number of anilines is 1. The van der Waals surface area contributed by atoms with E-state index < -0.39 is 0 Å². The number of rotatable bonds is 8. The molecular formula is C20H23NO5. The van der Waals surface area contributed by atoms with Crippen molar-refractivity contribution in [1.29, 1.82) is 0 Å². The summed E-state index contributed by atoms with van der Waals surface area (Å²) in [4.78, 5) is 12.6. The molecule has 6 heteroatoms. The monoisotopic (exact) mass is 357 g/mol. The molecule has 26 heavy (non-hydrogen) atoms. The van der Waals surface area contributed by atoms with Crippen LogP contribution in [0.25, 0.3) is 0 Å². The number of hydrogen-bond donors (Lipinski definition) is 1. The zero-order valence-electron chi connectivity index (χ0n) is 15.0. The Morgan fingerprint density at radius 1 is 1.12 bits per heavy atom. The Kier molecular flexibility index (Phi) is 5.96. The van der Waals surface area contributed by atoms with Crippen molar-refractivity contribution < 1.29 is 23.7 Å². The topological polar surface area (TPSA) is 66.0 Å². The molecule has 2 aromatic carbocycles. The van der Waals surface area contributed by atoms with Crippen LogP contribution in [0.2, 0.25) is 0 Å². The van der Waals surface area contributed by atoms with Gasteiger partial charge in [0.1, 0.15) is 5.75 Å². The van der Waals surface area contributed by atoms with Gasteiger partial charge in [-0.15, -0.1) is 0 Å². The summed E-state index contributed by atoms with van der Waals surface area (Å²) in [7, 11) is 0. The Balaban J connectivity index is 1.74. The van der Waals surface area contributed by atoms with Crippen LogP contribution in [-0.4, -0.2) is 25.9 Å². The number of benzene rings is 2. The van der Waals surface area contributed by atoms with Crippen LogP contribution in [0.1, 0.15) is 36.2 Å². The van der Waals surface area contributed by atoms with Crippen LogP contribution in [0, 0.1) is 0 Å². The third-order valence-corrected chi connectivity index (χ3v) is 3.86. The first-order valence-corrected chi connectivity index (χ1v) is 8.75. The summed E-state index contributed by atoms with van der Waals surface area (Å²) in [5, 5.41) is 2.88. The first-order chi connectivity index (χ1) is 12.7. The van der Waals surface area contributed by atoms with Gasteiger partial charge < -0.3 is 24.3 Å². The fourth-order valence-electron chi connectivity index (χ4n) is 2.63. The lowest BCUT2D eigenvalue weighted by Gasteiger charge is -2.13. The van der Waals surface area contributed by atoms with Gasteiger partial charge in [0.25, 0.3) is 5.91 Å². The van der Waals surface area contributed by atoms with Crippen LogP contribution < -0.4 is 19.5 Å². The van der Waals surface area contributed by atoms with Gasteiger partial charge in [0, 0.05) is 29.5 Å². The lowest BCUT2D eigenvalue weighted by Crippen LogP contribution is -2.13. The molecule has 2 aromatic rings. The standard InChI is InChI=1S/C20H23NO5/c1-3-9-23-12-15-10-14(5-7-17(15)24-4-2)20(22)21-16-6-8-18-19(11-16)26-13-25-18/h5-8,10-11H,3-4,9,12-13H2,1-2H3,(H,21,22). The molecule has 0 aromatic heterocycles. The van der Waals surface area contributed by atoms with Gasteiger partial charge in [0.15, 0.2) is 11.5 Å². The van der Waals surface area contributed by atoms with E-state index in [4.69, 9.17) is 18.9 Å². The molecule has 0 bridgehead atoms. The summed E-state index contributed by atoms with van der Waals surface area (Å²) in [6.07, 6.45) is 0.939. The lowest BCUT2D eigenvalue weighted by atomic mass is 10.1. The van der Waals surface area contributed by atoms with Crippen molar-refractivity contribution >= 4 is 11.6 Å². The van der Waals surface area contributed by atoms with E-state index >= 15 is 0 Å². The molecule has 0 aliphatic carbocycles. The highest BCUT2D eigenvalue weighted by Crippen LogP contribution is 2.34. The number of amides is 1. The molecule has 0 saturated heterocycles. The van der Waals surface area contributed by atoms with E-state index in [2.05, 4.69) is 12.2 Å². The highest BCUT2D eigenvalue weighted by molar-refractivity contribution is 6.04. The summed E-state index contributed by atoms with van der Waals surface area (Å²) in [6.45, 7) is 5.82. The molecule has 0 atom stereocenters. The van der Waals surface area contributed by atoms with Gasteiger partial charge in [-0.1, -0.05) is 6.92 Å². The molecule has 0 radical (unpaired) electrons. The van der Waals surface area contributed by atoms with Crippen LogP contribution in [0.3, 0.4) is 0 Å². The number of fused-ring (bicyclic) bond motifs is 1. The highest BCUT2D eigenvalue weighted by atomic mass is 16.7. The normalized spacial score (nSPS) is 12.1. The van der Waals surface area contributed by atoms with E-state index in [0.717, 1.165) is 17.7 Å². The summed E-state index contributed by atoms with van der Waals surface area (Å²) >= 11 is 0. The molecule has 0 fully saturated rings. The molecule has 0 saturated carbocycles. The zero-order valence-corrected chi connectivity index (χ0v) is 15.0. The number of carbonyl (C=O) groups excluding carboxylic acids is 1. The fraction of sp³-hybridized carbons (Fsp3) is 0.350. The Morgan fingerprint density at radius 2 is 1.96 bits per heavy atom. The van der Waals surface area contributed by atoms with Gasteiger partial charge in [-0.05, 0) is 43.7 Å². The molecule has 138 valence electrons. The molecule has 1 amide bonds. The second-order valence-electron chi connectivity index (χ2n) is 5.83. The van der Waals surface area contributed by atoms with Gasteiger partial charge in [-0.3, -0.25) is 4.79 Å². The maximum atomic E-state index is 12.6. The van der Waals surface area contributed by atoms with E-state index in [1.54, 1.807) is 24.3 Å². The Morgan fingerprint density at radius 3 is 2.77 bits per heavy atom. The second kappa shape index (κ2) is 8.58. The molecule has 1 aliphatic rings. The van der Waals surface area contributed by atoms with Crippen LogP contribution >= 0.6 is 0 Å². The maximum Gasteiger partial charge on any atom is 0.255 e. The third-order valence-electron chi connectivity index (χ3n) is 3.86. The summed E-state index contributed by atoms with van der Waals surface area (Å²) < 4.78 is 21.9. The predicted octanol–water partition coefficient (Wildman–Crippen LogP) is 3.99. The van der Waals surface area contributed by atoms with E-state index in [0.29, 0.717) is 42.6 Å². The van der Waals surface area contributed by atoms with E-state index in [-0.39, 0.29) is 12.7 Å². The van der Waals surface area contributed by atoms with Crippen molar-refractivity contribution in [3.63, 3.8) is 0 Å². The van der Waals surface area contributed by atoms with Crippen molar-refractivity contribution in [2.75, 3.05) is 25.3 Å². The minimum absolute atomic E-state index is 0.201. The largest absolute Gasteiger partial charge is 0.494 e. The summed E-state index contributed by atoms with van der Waals surface area (Å²) in [5.41, 5.74) is 2.05. The summed E-state index contributed by atoms with van der Waals surface area (Å²) in [6, 6.07) is 10.7. The van der Waals surface area contributed by atoms with Crippen molar-refractivity contribution in [3.05, 3.63) is 47.5 Å². The Bertz CT molecular complexity index is 775. The molecule has 0 spiro atoms. The first kappa shape index (κ1) is 18.1. The predicted molar refractivity (Wildman–Crippen MR) is 98.1 cm³/mol. The lowest BCUT2D eigenvalue weighted by molar-refractivity contribution is 0.102. The van der Waals surface area contributed by atoms with Crippen LogP contribution in [-0.2, 0) is 11.3 Å². The van der Waals surface area contributed by atoms with Gasteiger partial charge in [-0.2, -0.15) is 0 Å². The fourth-order valence-corrected chi connectivity index (χ4v) is 2.63. The SMILES string of the molecule is CCCOCc1cc(C(=O)Nc2ccc3c(c2)OCO3)ccc1OCC. The first-order valence-electron chi connectivity index (χ1n) is 8.75. The zero-order chi connectivity index (χ0) is 18.4. The van der Waals surface area contributed by atoms with E-state index in [9.17, 15) is 4.79 Å². The van der Waals surface area contributed by atoms with E-state index in [1.165, 1.54) is 0 Å². The Hall–Kier alpha value is -2.73. The van der Waals surface area contributed by atoms with Crippen molar-refractivity contribution in [1.82, 2.24) is 0 Å². The summed E-state index contributed by atoms with van der Waals surface area (Å²) in [5.74, 6) is 1.84. The average Bonchev–Trinajstić information content (AvgIpc) is 3.11. The molecule has 1 aliphatic heterocycles. The van der Waals surface area contributed by atoms with Crippen LogP contribution in [0.4, 0.5) is 5.69 Å². The van der Waals surface area contributed by atoms with Crippen LogP contribution in [0.5, 0.6) is 17.2 Å². The van der Waals surface area contributed by atoms with Crippen molar-refractivity contribution in [3.8, 4) is 17.2 Å². The third kappa shape index (κ3) is 4.26. The number of hydrogen-bond acceptors (Lipinski definition) is 5. The maximum absolute atomic E-state index is 12.6. The smallest absolute Gasteiger partial charge is 0.255 e. The van der Waals surface area contributed by atoms with Gasteiger partial charge in [0.05, 0.1) is 13.2 Å². The van der Waals surface area contributed by atoms with Crippen LogP contribution in [0.15, 0.2) is 36.4 Å². The highest BCUT2D eigenvalue weighted by Gasteiger charge is 2.15. The van der Waals surface area contributed by atoms with Crippen molar-refractivity contribution in [2.24, 2.45) is 0 Å². The number of nitrogens with one attached hydrogen (secondary N) is 1. The van der Waals surface area contributed by atoms with Crippen molar-refractivity contribution in [2.45, 2.75) is 26.9 Å². The molecule has 1 N–H and O–H groups in total. The Labute approximate surface area is 153 Å². The van der Waals surface area contributed by atoms with Gasteiger partial charge in [-0.25, -0.2) is 0 Å². The number of ether oxygens (including phenoxy) is 4. The second-order valence-corrected chi connectivity index (χ2v) is 5.83. The minimum Gasteiger partial charge on any atom is -0.494 e. The quantitative estimate of drug-likeness (QED) is 0.724. The van der Waals surface area contributed by atoms with Gasteiger partial charge in [0.2, 0.25) is 6.79 Å². The average molecular weight is 357 g/mol. The molecular weight excluding hydrogens is 334 g/mol. The molecule has 1 heterocycles.